The lowest BCUT2D eigenvalue weighted by molar-refractivity contribution is 0.0508. The van der Waals surface area contributed by atoms with E-state index in [1.807, 2.05) is 0 Å². The van der Waals surface area contributed by atoms with Crippen LogP contribution < -0.4 is 11.1 Å². The van der Waals surface area contributed by atoms with Gasteiger partial charge in [0.15, 0.2) is 0 Å². The third-order valence-corrected chi connectivity index (χ3v) is 3.22. The fourth-order valence-electron chi connectivity index (χ4n) is 1.99. The van der Waals surface area contributed by atoms with Crippen molar-refractivity contribution in [3.8, 4) is 0 Å². The lowest BCUT2D eigenvalue weighted by Gasteiger charge is -2.07. The summed E-state index contributed by atoms with van der Waals surface area (Å²) in [5.41, 5.74) is 6.69. The Kier molecular flexibility index (Phi) is 5.68. The smallest absolute Gasteiger partial charge is 0.338 e. The molecule has 0 radical (unpaired) electrons. The van der Waals surface area contributed by atoms with Crippen LogP contribution in [0.4, 0.5) is 9.18 Å². The maximum absolute atomic E-state index is 13.4. The predicted molar refractivity (Wildman–Crippen MR) is 83.3 cm³/mol. The lowest BCUT2D eigenvalue weighted by atomic mass is 10.1. The molecular weight excluding hydrogens is 299 g/mol. The van der Waals surface area contributed by atoms with Crippen molar-refractivity contribution >= 4 is 12.0 Å². The number of primary amides is 1. The van der Waals surface area contributed by atoms with Gasteiger partial charge in [-0.3, -0.25) is 0 Å². The molecule has 0 bridgehead atoms. The van der Waals surface area contributed by atoms with Gasteiger partial charge in [0.1, 0.15) is 5.82 Å². The summed E-state index contributed by atoms with van der Waals surface area (Å²) >= 11 is 0. The van der Waals surface area contributed by atoms with Crippen molar-refractivity contribution in [2.75, 3.05) is 6.61 Å². The van der Waals surface area contributed by atoms with Crippen molar-refractivity contribution < 1.29 is 18.7 Å². The second kappa shape index (κ2) is 7.93. The Hall–Kier alpha value is -2.89. The highest BCUT2D eigenvalue weighted by molar-refractivity contribution is 5.89. The molecule has 23 heavy (non-hydrogen) atoms. The number of rotatable bonds is 6. The Morgan fingerprint density at radius 2 is 1.78 bits per heavy atom. The summed E-state index contributed by atoms with van der Waals surface area (Å²) in [6.07, 6.45) is 0.318. The number of carbonyl (C=O) groups excluding carboxylic acids is 2. The molecule has 120 valence electrons. The quantitative estimate of drug-likeness (QED) is 0.803. The second-order valence-corrected chi connectivity index (χ2v) is 4.89. The number of amides is 2. The molecule has 0 saturated heterocycles. The van der Waals surface area contributed by atoms with Gasteiger partial charge >= 0.3 is 12.0 Å². The number of hydrogen-bond acceptors (Lipinski definition) is 3. The van der Waals surface area contributed by atoms with Crippen molar-refractivity contribution in [3.05, 3.63) is 71.0 Å². The average molecular weight is 316 g/mol. The van der Waals surface area contributed by atoms with Crippen LogP contribution in [0.5, 0.6) is 0 Å². The molecule has 5 nitrogen and oxygen atoms in total. The zero-order chi connectivity index (χ0) is 16.7. The van der Waals surface area contributed by atoms with Gasteiger partial charge in [-0.25, -0.2) is 14.0 Å². The van der Waals surface area contributed by atoms with Crippen LogP contribution in [0, 0.1) is 5.82 Å². The van der Waals surface area contributed by atoms with E-state index in [0.29, 0.717) is 17.5 Å². The van der Waals surface area contributed by atoms with Crippen molar-refractivity contribution in [3.63, 3.8) is 0 Å². The summed E-state index contributed by atoms with van der Waals surface area (Å²) in [5, 5.41) is 2.46. The van der Waals surface area contributed by atoms with Gasteiger partial charge in [0, 0.05) is 13.0 Å². The highest BCUT2D eigenvalue weighted by Crippen LogP contribution is 2.09. The third-order valence-electron chi connectivity index (χ3n) is 3.22. The number of nitrogens with two attached hydrogens (primary N) is 1. The lowest BCUT2D eigenvalue weighted by Crippen LogP contribution is -2.28. The van der Waals surface area contributed by atoms with Gasteiger partial charge < -0.3 is 15.8 Å². The first kappa shape index (κ1) is 16.5. The van der Waals surface area contributed by atoms with E-state index in [4.69, 9.17) is 10.5 Å². The Labute approximate surface area is 133 Å². The SMILES string of the molecule is NC(=O)NCc1ccc(C(=O)OCCc2ccccc2F)cc1. The van der Waals surface area contributed by atoms with E-state index in [9.17, 15) is 14.0 Å². The highest BCUT2D eigenvalue weighted by atomic mass is 19.1. The minimum atomic E-state index is -0.610. The maximum atomic E-state index is 13.4. The van der Waals surface area contributed by atoms with E-state index in [1.165, 1.54) is 6.07 Å². The van der Waals surface area contributed by atoms with Crippen LogP contribution >= 0.6 is 0 Å². The van der Waals surface area contributed by atoms with Crippen molar-refractivity contribution in [2.45, 2.75) is 13.0 Å². The number of ether oxygens (including phenoxy) is 1. The van der Waals surface area contributed by atoms with Crippen LogP contribution in [0.3, 0.4) is 0 Å². The van der Waals surface area contributed by atoms with E-state index in [-0.39, 0.29) is 19.0 Å². The number of urea groups is 1. The molecule has 0 spiro atoms. The molecule has 0 aliphatic carbocycles. The summed E-state index contributed by atoms with van der Waals surface area (Å²) < 4.78 is 18.6. The molecule has 0 saturated carbocycles. The summed E-state index contributed by atoms with van der Waals surface area (Å²) in [7, 11) is 0. The van der Waals surface area contributed by atoms with Gasteiger partial charge in [0.25, 0.3) is 0 Å². The monoisotopic (exact) mass is 316 g/mol. The van der Waals surface area contributed by atoms with Gasteiger partial charge in [0.2, 0.25) is 0 Å². The van der Waals surface area contributed by atoms with Crippen molar-refractivity contribution in [1.29, 1.82) is 0 Å². The number of carbonyl (C=O) groups is 2. The van der Waals surface area contributed by atoms with E-state index in [1.54, 1.807) is 42.5 Å². The maximum Gasteiger partial charge on any atom is 0.338 e. The Balaban J connectivity index is 1.83. The minimum Gasteiger partial charge on any atom is -0.462 e. The molecule has 2 aromatic carbocycles. The summed E-state index contributed by atoms with van der Waals surface area (Å²) in [4.78, 5) is 22.5. The zero-order valence-electron chi connectivity index (χ0n) is 12.4. The van der Waals surface area contributed by atoms with Crippen molar-refractivity contribution in [1.82, 2.24) is 5.32 Å². The molecule has 0 atom stereocenters. The zero-order valence-corrected chi connectivity index (χ0v) is 12.4. The van der Waals surface area contributed by atoms with Crippen LogP contribution in [0.1, 0.15) is 21.5 Å². The molecule has 0 fully saturated rings. The Bertz CT molecular complexity index is 686. The first-order valence-electron chi connectivity index (χ1n) is 7.09. The fourth-order valence-corrected chi connectivity index (χ4v) is 1.99. The molecule has 2 aromatic rings. The van der Waals surface area contributed by atoms with E-state index in [2.05, 4.69) is 5.32 Å². The second-order valence-electron chi connectivity index (χ2n) is 4.89. The molecule has 0 aliphatic heterocycles. The van der Waals surface area contributed by atoms with E-state index < -0.39 is 12.0 Å². The van der Waals surface area contributed by atoms with Gasteiger partial charge in [-0.1, -0.05) is 30.3 Å². The molecule has 2 amide bonds. The van der Waals surface area contributed by atoms with Gasteiger partial charge in [-0.15, -0.1) is 0 Å². The van der Waals surface area contributed by atoms with Crippen LogP contribution in [0.25, 0.3) is 0 Å². The topological polar surface area (TPSA) is 81.4 Å². The molecule has 3 N–H and O–H groups in total. The summed E-state index contributed by atoms with van der Waals surface area (Å²) in [6.45, 7) is 0.392. The number of esters is 1. The van der Waals surface area contributed by atoms with Gasteiger partial charge in [-0.05, 0) is 29.3 Å². The molecule has 0 unspecified atom stereocenters. The van der Waals surface area contributed by atoms with Crippen LogP contribution in [0.2, 0.25) is 0 Å². The number of hydrogen-bond donors (Lipinski definition) is 2. The van der Waals surface area contributed by atoms with Crippen LogP contribution in [-0.2, 0) is 17.7 Å². The third kappa shape index (κ3) is 5.10. The summed E-state index contributed by atoms with van der Waals surface area (Å²) in [5.74, 6) is -0.786. The molecule has 0 aliphatic rings. The Morgan fingerprint density at radius 3 is 2.43 bits per heavy atom. The number of halogens is 1. The Morgan fingerprint density at radius 1 is 1.09 bits per heavy atom. The predicted octanol–water partition coefficient (Wildman–Crippen LogP) is 2.39. The fraction of sp³-hybridized carbons (Fsp3) is 0.176. The van der Waals surface area contributed by atoms with E-state index in [0.717, 1.165) is 5.56 Å². The number of nitrogens with one attached hydrogen (secondary N) is 1. The molecule has 6 heteroatoms. The first-order valence-corrected chi connectivity index (χ1v) is 7.09. The highest BCUT2D eigenvalue weighted by Gasteiger charge is 2.08. The molecular formula is C17H17FN2O3. The minimum absolute atomic E-state index is 0.102. The molecule has 0 aromatic heterocycles. The van der Waals surface area contributed by atoms with Crippen LogP contribution in [0.15, 0.2) is 48.5 Å². The normalized spacial score (nSPS) is 10.1. The standard InChI is InChI=1S/C17H17FN2O3/c18-15-4-2-1-3-13(15)9-10-23-16(21)14-7-5-12(6-8-14)11-20-17(19)22/h1-8H,9-11H2,(H3,19,20,22). The largest absolute Gasteiger partial charge is 0.462 e. The van der Waals surface area contributed by atoms with Gasteiger partial charge in [0.05, 0.1) is 12.2 Å². The van der Waals surface area contributed by atoms with Crippen molar-refractivity contribution in [2.24, 2.45) is 5.73 Å². The number of benzene rings is 2. The first-order chi connectivity index (χ1) is 11.1. The molecule has 2 rings (SSSR count). The average Bonchev–Trinajstić information content (AvgIpc) is 2.55. The van der Waals surface area contributed by atoms with Crippen LogP contribution in [-0.4, -0.2) is 18.6 Å². The van der Waals surface area contributed by atoms with E-state index >= 15 is 0 Å². The van der Waals surface area contributed by atoms with Gasteiger partial charge in [-0.2, -0.15) is 0 Å². The molecule has 0 heterocycles. The summed E-state index contributed by atoms with van der Waals surface area (Å²) in [6, 6.07) is 12.4.